The highest BCUT2D eigenvalue weighted by atomic mass is 35.5. The second kappa shape index (κ2) is 6.72. The molecule has 0 spiro atoms. The number of rotatable bonds is 4. The van der Waals surface area contributed by atoms with Gasteiger partial charge in [0.1, 0.15) is 17.6 Å². The molecule has 1 fully saturated rings. The Morgan fingerprint density at radius 2 is 2.00 bits per heavy atom. The lowest BCUT2D eigenvalue weighted by Crippen LogP contribution is -2.34. The minimum absolute atomic E-state index is 0.0159. The fraction of sp³-hybridized carbons (Fsp3) is 0.222. The van der Waals surface area contributed by atoms with Gasteiger partial charge < -0.3 is 10.1 Å². The van der Waals surface area contributed by atoms with Crippen LogP contribution in [0.5, 0.6) is 5.75 Å². The summed E-state index contributed by atoms with van der Waals surface area (Å²) < 4.78 is 18.7. The van der Waals surface area contributed by atoms with Crippen LogP contribution in [0.15, 0.2) is 36.4 Å². The second-order valence-corrected chi connectivity index (χ2v) is 6.16. The SMILES string of the molecule is COc1ccc(N2C(=O)C[C@@H](Nc3ccc(C)c(F)c3)C2=O)cc1Cl. The predicted octanol–water partition coefficient (Wildman–Crippen LogP) is 3.54. The molecule has 0 bridgehead atoms. The molecule has 1 aliphatic rings. The molecule has 5 nitrogen and oxygen atoms in total. The van der Waals surface area contributed by atoms with E-state index in [0.717, 1.165) is 4.90 Å². The van der Waals surface area contributed by atoms with Gasteiger partial charge in [-0.05, 0) is 42.8 Å². The van der Waals surface area contributed by atoms with Crippen molar-refractivity contribution in [1.82, 2.24) is 0 Å². The van der Waals surface area contributed by atoms with Gasteiger partial charge in [-0.15, -0.1) is 0 Å². The molecule has 25 heavy (non-hydrogen) atoms. The van der Waals surface area contributed by atoms with Crippen LogP contribution in [-0.2, 0) is 9.59 Å². The molecular formula is C18H16ClFN2O3. The van der Waals surface area contributed by atoms with Crippen molar-refractivity contribution in [3.63, 3.8) is 0 Å². The Labute approximate surface area is 149 Å². The molecule has 0 aliphatic carbocycles. The third-order valence-corrected chi connectivity index (χ3v) is 4.35. The van der Waals surface area contributed by atoms with Gasteiger partial charge in [0.05, 0.1) is 24.2 Å². The van der Waals surface area contributed by atoms with E-state index in [9.17, 15) is 14.0 Å². The Hall–Kier alpha value is -2.60. The number of hydrogen-bond donors (Lipinski definition) is 1. The van der Waals surface area contributed by atoms with Crippen LogP contribution in [0.2, 0.25) is 5.02 Å². The Kier molecular flexibility index (Phi) is 4.63. The number of carbonyl (C=O) groups is 2. The first-order chi connectivity index (χ1) is 11.9. The zero-order valence-electron chi connectivity index (χ0n) is 13.7. The normalized spacial score (nSPS) is 17.1. The molecule has 2 aromatic carbocycles. The molecule has 1 heterocycles. The van der Waals surface area contributed by atoms with Crippen LogP contribution in [0.3, 0.4) is 0 Å². The summed E-state index contributed by atoms with van der Waals surface area (Å²) in [6.07, 6.45) is -0.0159. The van der Waals surface area contributed by atoms with Crippen LogP contribution in [0.1, 0.15) is 12.0 Å². The molecule has 0 radical (unpaired) electrons. The van der Waals surface area contributed by atoms with Crippen molar-refractivity contribution >= 4 is 34.8 Å². The zero-order chi connectivity index (χ0) is 18.1. The van der Waals surface area contributed by atoms with E-state index in [1.54, 1.807) is 31.2 Å². The lowest BCUT2D eigenvalue weighted by atomic mass is 10.2. The molecule has 130 valence electrons. The maximum Gasteiger partial charge on any atom is 0.256 e. The number of carbonyl (C=O) groups excluding carboxylic acids is 2. The van der Waals surface area contributed by atoms with E-state index in [2.05, 4.69) is 5.32 Å². The van der Waals surface area contributed by atoms with E-state index >= 15 is 0 Å². The summed E-state index contributed by atoms with van der Waals surface area (Å²) in [5, 5.41) is 3.22. The van der Waals surface area contributed by atoms with Crippen molar-refractivity contribution in [2.24, 2.45) is 0 Å². The minimum Gasteiger partial charge on any atom is -0.495 e. The smallest absolute Gasteiger partial charge is 0.256 e. The average molecular weight is 363 g/mol. The number of imide groups is 1. The summed E-state index contributed by atoms with van der Waals surface area (Å²) in [7, 11) is 1.48. The van der Waals surface area contributed by atoms with E-state index in [-0.39, 0.29) is 18.1 Å². The van der Waals surface area contributed by atoms with Gasteiger partial charge in [0.2, 0.25) is 5.91 Å². The van der Waals surface area contributed by atoms with Crippen molar-refractivity contribution < 1.29 is 18.7 Å². The fourth-order valence-corrected chi connectivity index (χ4v) is 2.95. The van der Waals surface area contributed by atoms with E-state index in [0.29, 0.717) is 27.7 Å². The molecule has 1 aliphatic heterocycles. The molecule has 0 aromatic heterocycles. The number of halogens is 2. The molecule has 3 rings (SSSR count). The van der Waals surface area contributed by atoms with Gasteiger partial charge in [0.15, 0.2) is 0 Å². The molecule has 2 amide bonds. The van der Waals surface area contributed by atoms with Gasteiger partial charge in [0, 0.05) is 5.69 Å². The van der Waals surface area contributed by atoms with Gasteiger partial charge >= 0.3 is 0 Å². The van der Waals surface area contributed by atoms with Crippen LogP contribution in [0.4, 0.5) is 15.8 Å². The van der Waals surface area contributed by atoms with Crippen molar-refractivity contribution in [3.05, 3.63) is 52.8 Å². The zero-order valence-corrected chi connectivity index (χ0v) is 14.4. The number of aryl methyl sites for hydroxylation is 1. The standard InChI is InChI=1S/C18H16ClFN2O3/c1-10-3-4-11(7-14(10)20)21-15-9-17(23)22(18(15)24)12-5-6-16(25-2)13(19)8-12/h3-8,15,21H,9H2,1-2H3/t15-/m1/s1. The summed E-state index contributed by atoms with van der Waals surface area (Å²) in [5.41, 5.74) is 1.33. The van der Waals surface area contributed by atoms with Crippen LogP contribution in [0.25, 0.3) is 0 Å². The number of nitrogens with zero attached hydrogens (tertiary/aromatic N) is 1. The minimum atomic E-state index is -0.754. The van der Waals surface area contributed by atoms with Crippen molar-refractivity contribution in [3.8, 4) is 5.75 Å². The Morgan fingerprint density at radius 1 is 1.24 bits per heavy atom. The molecule has 1 saturated heterocycles. The van der Waals surface area contributed by atoms with Gasteiger partial charge in [0.25, 0.3) is 5.91 Å². The van der Waals surface area contributed by atoms with Crippen molar-refractivity contribution in [2.75, 3.05) is 17.3 Å². The van der Waals surface area contributed by atoms with E-state index in [1.807, 2.05) is 0 Å². The molecule has 0 saturated carbocycles. The van der Waals surface area contributed by atoms with Gasteiger partial charge in [-0.3, -0.25) is 9.59 Å². The second-order valence-electron chi connectivity index (χ2n) is 5.75. The predicted molar refractivity (Wildman–Crippen MR) is 93.7 cm³/mol. The van der Waals surface area contributed by atoms with Gasteiger partial charge in [-0.2, -0.15) is 0 Å². The Morgan fingerprint density at radius 3 is 2.64 bits per heavy atom. The van der Waals surface area contributed by atoms with Crippen LogP contribution in [0, 0.1) is 12.7 Å². The lowest BCUT2D eigenvalue weighted by molar-refractivity contribution is -0.121. The summed E-state index contributed by atoms with van der Waals surface area (Å²) >= 11 is 6.07. The number of nitrogens with one attached hydrogen (secondary N) is 1. The average Bonchev–Trinajstić information content (AvgIpc) is 2.85. The summed E-state index contributed by atoms with van der Waals surface area (Å²) in [6.45, 7) is 1.65. The van der Waals surface area contributed by atoms with E-state index < -0.39 is 11.9 Å². The quantitative estimate of drug-likeness (QED) is 0.845. The number of benzene rings is 2. The molecule has 2 aromatic rings. The van der Waals surface area contributed by atoms with Gasteiger partial charge in [-0.25, -0.2) is 9.29 Å². The number of ether oxygens (including phenoxy) is 1. The Bertz CT molecular complexity index is 856. The van der Waals surface area contributed by atoms with E-state index in [1.165, 1.54) is 19.2 Å². The number of methoxy groups -OCH3 is 1. The third-order valence-electron chi connectivity index (χ3n) is 4.05. The highest BCUT2D eigenvalue weighted by Crippen LogP contribution is 2.32. The number of hydrogen-bond acceptors (Lipinski definition) is 4. The summed E-state index contributed by atoms with van der Waals surface area (Å²) in [5.74, 6) is -0.682. The molecule has 1 atom stereocenters. The topological polar surface area (TPSA) is 58.6 Å². The third kappa shape index (κ3) is 3.30. The lowest BCUT2D eigenvalue weighted by Gasteiger charge is -2.17. The number of amides is 2. The monoisotopic (exact) mass is 362 g/mol. The Balaban J connectivity index is 1.82. The number of anilines is 2. The maximum atomic E-state index is 13.7. The van der Waals surface area contributed by atoms with Crippen molar-refractivity contribution in [1.29, 1.82) is 0 Å². The first kappa shape index (κ1) is 17.2. The molecule has 1 N–H and O–H groups in total. The van der Waals surface area contributed by atoms with Gasteiger partial charge in [-0.1, -0.05) is 17.7 Å². The van der Waals surface area contributed by atoms with E-state index in [4.69, 9.17) is 16.3 Å². The summed E-state index contributed by atoms with van der Waals surface area (Å²) in [4.78, 5) is 26.0. The van der Waals surface area contributed by atoms with Crippen molar-refractivity contribution in [2.45, 2.75) is 19.4 Å². The molecule has 7 heteroatoms. The molecular weight excluding hydrogens is 347 g/mol. The first-order valence-electron chi connectivity index (χ1n) is 7.63. The van der Waals surface area contributed by atoms with Crippen LogP contribution in [-0.4, -0.2) is 25.0 Å². The first-order valence-corrected chi connectivity index (χ1v) is 8.01. The largest absolute Gasteiger partial charge is 0.495 e. The fourth-order valence-electron chi connectivity index (χ4n) is 2.69. The van der Waals surface area contributed by atoms with Crippen LogP contribution >= 0.6 is 11.6 Å². The summed E-state index contributed by atoms with van der Waals surface area (Å²) in [6, 6.07) is 8.52. The highest BCUT2D eigenvalue weighted by Gasteiger charge is 2.39. The van der Waals surface area contributed by atoms with Crippen LogP contribution < -0.4 is 15.0 Å². The highest BCUT2D eigenvalue weighted by molar-refractivity contribution is 6.33. The molecule has 0 unspecified atom stereocenters. The maximum absolute atomic E-state index is 13.7.